The molecule has 0 aliphatic rings. The zero-order valence-electron chi connectivity index (χ0n) is 7.37. The summed E-state index contributed by atoms with van der Waals surface area (Å²) in [4.78, 5) is 4.45. The van der Waals surface area contributed by atoms with E-state index in [4.69, 9.17) is 17.3 Å². The van der Waals surface area contributed by atoms with Crippen molar-refractivity contribution in [3.63, 3.8) is 0 Å². The predicted octanol–water partition coefficient (Wildman–Crippen LogP) is 3.00. The van der Waals surface area contributed by atoms with Crippen LogP contribution in [-0.2, 0) is 0 Å². The first-order valence-electron chi connectivity index (χ1n) is 4.18. The molecule has 0 saturated heterocycles. The van der Waals surface area contributed by atoms with Gasteiger partial charge in [-0.05, 0) is 18.2 Å². The highest BCUT2D eigenvalue weighted by Gasteiger charge is 2.03. The second-order valence-corrected chi connectivity index (χ2v) is 5.54. The van der Waals surface area contributed by atoms with Crippen LogP contribution in [0.5, 0.6) is 0 Å². The van der Waals surface area contributed by atoms with Gasteiger partial charge in [-0.15, -0.1) is 11.3 Å². The molecule has 0 unspecified atom stereocenters. The molecule has 1 aromatic carbocycles. The van der Waals surface area contributed by atoms with E-state index in [1.807, 2.05) is 18.2 Å². The number of rotatable bonds is 3. The number of nitrogens with two attached hydrogens (primary N) is 1. The number of halogens is 1. The van der Waals surface area contributed by atoms with Crippen LogP contribution in [0.3, 0.4) is 0 Å². The molecule has 74 valence electrons. The predicted molar refractivity (Wildman–Crippen MR) is 64.4 cm³/mol. The third kappa shape index (κ3) is 2.20. The molecule has 0 spiro atoms. The number of nitrogens with zero attached hydrogens (tertiary/aromatic N) is 1. The van der Waals surface area contributed by atoms with Crippen molar-refractivity contribution in [2.24, 2.45) is 5.73 Å². The Bertz CT molecular complexity index is 441. The van der Waals surface area contributed by atoms with Gasteiger partial charge in [0.15, 0.2) is 4.34 Å². The normalized spacial score (nSPS) is 11.0. The number of thioether (sulfide) groups is 1. The molecule has 0 bridgehead atoms. The Labute approximate surface area is 95.5 Å². The SMILES string of the molecule is NCCSc1nc2cc(Cl)ccc2s1. The molecule has 0 radical (unpaired) electrons. The number of hydrogen-bond acceptors (Lipinski definition) is 4. The molecule has 5 heteroatoms. The van der Waals surface area contributed by atoms with Gasteiger partial charge in [-0.1, -0.05) is 23.4 Å². The Morgan fingerprint density at radius 1 is 1.50 bits per heavy atom. The van der Waals surface area contributed by atoms with Crippen molar-refractivity contribution in [1.29, 1.82) is 0 Å². The van der Waals surface area contributed by atoms with Gasteiger partial charge in [-0.25, -0.2) is 4.98 Å². The summed E-state index contributed by atoms with van der Waals surface area (Å²) in [5.41, 5.74) is 6.40. The van der Waals surface area contributed by atoms with Crippen molar-refractivity contribution >= 4 is 44.9 Å². The van der Waals surface area contributed by atoms with Crippen LogP contribution < -0.4 is 5.73 Å². The van der Waals surface area contributed by atoms with Gasteiger partial charge in [0.1, 0.15) is 0 Å². The van der Waals surface area contributed by atoms with E-state index in [2.05, 4.69) is 4.98 Å². The number of aromatic nitrogens is 1. The average Bonchev–Trinajstić information content (AvgIpc) is 2.56. The Balaban J connectivity index is 2.32. The van der Waals surface area contributed by atoms with Crippen molar-refractivity contribution in [3.8, 4) is 0 Å². The van der Waals surface area contributed by atoms with E-state index in [0.717, 1.165) is 20.6 Å². The van der Waals surface area contributed by atoms with Gasteiger partial charge in [0.25, 0.3) is 0 Å². The average molecular weight is 245 g/mol. The summed E-state index contributed by atoms with van der Waals surface area (Å²) in [6.07, 6.45) is 0. The largest absolute Gasteiger partial charge is 0.330 e. The van der Waals surface area contributed by atoms with Crippen LogP contribution >= 0.6 is 34.7 Å². The van der Waals surface area contributed by atoms with Crippen LogP contribution in [0, 0.1) is 0 Å². The topological polar surface area (TPSA) is 38.9 Å². The summed E-state index contributed by atoms with van der Waals surface area (Å²) in [5, 5.41) is 0.734. The van der Waals surface area contributed by atoms with E-state index in [1.54, 1.807) is 23.1 Å². The van der Waals surface area contributed by atoms with E-state index in [-0.39, 0.29) is 0 Å². The summed E-state index contributed by atoms with van der Waals surface area (Å²) in [6.45, 7) is 0.682. The van der Waals surface area contributed by atoms with E-state index in [1.165, 1.54) is 4.70 Å². The van der Waals surface area contributed by atoms with Gasteiger partial charge in [0, 0.05) is 17.3 Å². The Morgan fingerprint density at radius 3 is 3.14 bits per heavy atom. The van der Waals surface area contributed by atoms with Crippen LogP contribution in [0.2, 0.25) is 5.02 Å². The van der Waals surface area contributed by atoms with Crippen molar-refractivity contribution in [2.75, 3.05) is 12.3 Å². The molecule has 0 aliphatic heterocycles. The minimum absolute atomic E-state index is 0.682. The maximum atomic E-state index is 5.87. The molecule has 2 nitrogen and oxygen atoms in total. The summed E-state index contributed by atoms with van der Waals surface area (Å²) < 4.78 is 2.24. The van der Waals surface area contributed by atoms with E-state index < -0.39 is 0 Å². The van der Waals surface area contributed by atoms with Crippen LogP contribution in [-0.4, -0.2) is 17.3 Å². The summed E-state index contributed by atoms with van der Waals surface area (Å²) in [6, 6.07) is 5.78. The Kier molecular flexibility index (Phi) is 3.28. The molecule has 0 atom stereocenters. The second kappa shape index (κ2) is 4.49. The zero-order chi connectivity index (χ0) is 9.97. The molecular weight excluding hydrogens is 236 g/mol. The maximum Gasteiger partial charge on any atom is 0.151 e. The Hall–Kier alpha value is -0.290. The summed E-state index contributed by atoms with van der Waals surface area (Å²) in [5.74, 6) is 0.910. The van der Waals surface area contributed by atoms with E-state index in [0.29, 0.717) is 6.54 Å². The van der Waals surface area contributed by atoms with Crippen LogP contribution in [0.4, 0.5) is 0 Å². The fourth-order valence-electron chi connectivity index (χ4n) is 1.09. The van der Waals surface area contributed by atoms with Gasteiger partial charge in [0.05, 0.1) is 10.2 Å². The smallest absolute Gasteiger partial charge is 0.151 e. The number of fused-ring (bicyclic) bond motifs is 1. The molecule has 2 N–H and O–H groups in total. The highest BCUT2D eigenvalue weighted by molar-refractivity contribution is 8.01. The zero-order valence-corrected chi connectivity index (χ0v) is 9.75. The minimum Gasteiger partial charge on any atom is -0.330 e. The molecule has 2 aromatic rings. The van der Waals surface area contributed by atoms with Gasteiger partial charge < -0.3 is 5.73 Å². The standard InChI is InChI=1S/C9H9ClN2S2/c10-6-1-2-8-7(5-6)12-9(14-8)13-4-3-11/h1-2,5H,3-4,11H2. The van der Waals surface area contributed by atoms with Gasteiger partial charge in [0.2, 0.25) is 0 Å². The lowest BCUT2D eigenvalue weighted by Gasteiger charge is -1.89. The molecule has 0 aliphatic carbocycles. The first-order chi connectivity index (χ1) is 6.79. The highest BCUT2D eigenvalue weighted by atomic mass is 35.5. The fraction of sp³-hybridized carbons (Fsp3) is 0.222. The van der Waals surface area contributed by atoms with Crippen molar-refractivity contribution < 1.29 is 0 Å². The fourth-order valence-corrected chi connectivity index (χ4v) is 3.14. The van der Waals surface area contributed by atoms with Crippen LogP contribution in [0.15, 0.2) is 22.5 Å². The van der Waals surface area contributed by atoms with Crippen molar-refractivity contribution in [3.05, 3.63) is 23.2 Å². The Morgan fingerprint density at radius 2 is 2.36 bits per heavy atom. The minimum atomic E-state index is 0.682. The van der Waals surface area contributed by atoms with Crippen LogP contribution in [0.1, 0.15) is 0 Å². The number of thiazole rings is 1. The van der Waals surface area contributed by atoms with Crippen molar-refractivity contribution in [1.82, 2.24) is 4.98 Å². The molecule has 0 saturated carbocycles. The van der Waals surface area contributed by atoms with Gasteiger partial charge in [-0.2, -0.15) is 0 Å². The molecule has 0 amide bonds. The molecule has 14 heavy (non-hydrogen) atoms. The maximum absolute atomic E-state index is 5.87. The summed E-state index contributed by atoms with van der Waals surface area (Å²) in [7, 11) is 0. The third-order valence-electron chi connectivity index (χ3n) is 1.67. The quantitative estimate of drug-likeness (QED) is 0.844. The monoisotopic (exact) mass is 244 g/mol. The van der Waals surface area contributed by atoms with E-state index >= 15 is 0 Å². The van der Waals surface area contributed by atoms with Gasteiger partial charge >= 0.3 is 0 Å². The van der Waals surface area contributed by atoms with Crippen LogP contribution in [0.25, 0.3) is 10.2 Å². The van der Waals surface area contributed by atoms with E-state index in [9.17, 15) is 0 Å². The number of hydrogen-bond donors (Lipinski definition) is 1. The molecule has 0 fully saturated rings. The van der Waals surface area contributed by atoms with Crippen molar-refractivity contribution in [2.45, 2.75) is 4.34 Å². The first-order valence-corrected chi connectivity index (χ1v) is 6.36. The molecule has 2 rings (SSSR count). The molecule has 1 aromatic heterocycles. The lowest BCUT2D eigenvalue weighted by molar-refractivity contribution is 1.14. The molecule has 1 heterocycles. The molecular formula is C9H9ClN2S2. The summed E-state index contributed by atoms with van der Waals surface area (Å²) >= 11 is 9.25. The lowest BCUT2D eigenvalue weighted by atomic mass is 10.3. The lowest BCUT2D eigenvalue weighted by Crippen LogP contribution is -2.00. The number of benzene rings is 1. The highest BCUT2D eigenvalue weighted by Crippen LogP contribution is 2.30. The second-order valence-electron chi connectivity index (χ2n) is 2.73. The third-order valence-corrected chi connectivity index (χ3v) is 4.12. The van der Waals surface area contributed by atoms with Gasteiger partial charge in [-0.3, -0.25) is 0 Å². The first kappa shape index (κ1) is 10.2.